The SMILES string of the molecule is CCc1cc(Cl)nnc1OC. The molecule has 0 atom stereocenters. The fourth-order valence-corrected chi connectivity index (χ4v) is 0.986. The van der Waals surface area contributed by atoms with E-state index in [1.807, 2.05) is 6.92 Å². The van der Waals surface area contributed by atoms with Crippen LogP contribution in [0.1, 0.15) is 12.5 Å². The van der Waals surface area contributed by atoms with E-state index in [2.05, 4.69) is 10.2 Å². The van der Waals surface area contributed by atoms with Crippen molar-refractivity contribution in [2.24, 2.45) is 0 Å². The van der Waals surface area contributed by atoms with Crippen molar-refractivity contribution < 1.29 is 4.74 Å². The van der Waals surface area contributed by atoms with Gasteiger partial charge in [-0.3, -0.25) is 0 Å². The standard InChI is InChI=1S/C7H9ClN2O/c1-3-5-4-6(8)9-10-7(5)11-2/h4H,3H2,1-2H3. The van der Waals surface area contributed by atoms with Gasteiger partial charge in [0.25, 0.3) is 0 Å². The minimum absolute atomic E-state index is 0.405. The molecule has 0 spiro atoms. The zero-order valence-electron chi connectivity index (χ0n) is 6.47. The molecule has 1 aromatic heterocycles. The van der Waals surface area contributed by atoms with Gasteiger partial charge in [0.05, 0.1) is 7.11 Å². The molecule has 0 aromatic carbocycles. The molecular formula is C7H9ClN2O. The molecule has 0 unspecified atom stereocenters. The largest absolute Gasteiger partial charge is 0.480 e. The van der Waals surface area contributed by atoms with Crippen LogP contribution in [0, 0.1) is 0 Å². The monoisotopic (exact) mass is 172 g/mol. The average molecular weight is 173 g/mol. The molecule has 1 rings (SSSR count). The van der Waals surface area contributed by atoms with E-state index < -0.39 is 0 Å². The first kappa shape index (κ1) is 8.27. The average Bonchev–Trinajstić information content (AvgIpc) is 2.04. The Labute approximate surface area is 70.4 Å². The van der Waals surface area contributed by atoms with Gasteiger partial charge in [-0.1, -0.05) is 18.5 Å². The summed E-state index contributed by atoms with van der Waals surface area (Å²) in [7, 11) is 1.57. The summed E-state index contributed by atoms with van der Waals surface area (Å²) in [4.78, 5) is 0. The molecule has 60 valence electrons. The van der Waals surface area contributed by atoms with E-state index >= 15 is 0 Å². The molecule has 1 aromatic rings. The molecule has 0 saturated carbocycles. The second kappa shape index (κ2) is 3.53. The molecule has 0 N–H and O–H groups in total. The third-order valence-corrected chi connectivity index (χ3v) is 1.56. The third kappa shape index (κ3) is 1.80. The van der Waals surface area contributed by atoms with Crippen molar-refractivity contribution in [3.8, 4) is 5.88 Å². The lowest BCUT2D eigenvalue weighted by atomic mass is 10.2. The summed E-state index contributed by atoms with van der Waals surface area (Å²) in [6, 6.07) is 1.76. The highest BCUT2D eigenvalue weighted by Crippen LogP contribution is 2.16. The first-order valence-corrected chi connectivity index (χ1v) is 3.71. The number of rotatable bonds is 2. The van der Waals surface area contributed by atoms with E-state index in [0.29, 0.717) is 11.0 Å². The Kier molecular flexibility index (Phi) is 2.65. The third-order valence-electron chi connectivity index (χ3n) is 1.38. The van der Waals surface area contributed by atoms with E-state index in [4.69, 9.17) is 16.3 Å². The van der Waals surface area contributed by atoms with Crippen molar-refractivity contribution in [1.82, 2.24) is 10.2 Å². The Bertz CT molecular complexity index is 252. The Balaban J connectivity index is 3.06. The molecule has 0 aliphatic carbocycles. The van der Waals surface area contributed by atoms with E-state index in [0.717, 1.165) is 12.0 Å². The second-order valence-corrected chi connectivity index (χ2v) is 2.44. The number of aryl methyl sites for hydroxylation is 1. The van der Waals surface area contributed by atoms with Gasteiger partial charge < -0.3 is 4.74 Å². The number of hydrogen-bond acceptors (Lipinski definition) is 3. The fraction of sp³-hybridized carbons (Fsp3) is 0.429. The van der Waals surface area contributed by atoms with Gasteiger partial charge in [-0.25, -0.2) is 0 Å². The molecule has 0 radical (unpaired) electrons. The van der Waals surface area contributed by atoms with Crippen LogP contribution in [0.5, 0.6) is 5.88 Å². The number of hydrogen-bond donors (Lipinski definition) is 0. The number of aromatic nitrogens is 2. The first-order valence-electron chi connectivity index (χ1n) is 3.34. The van der Waals surface area contributed by atoms with Crippen LogP contribution in [-0.2, 0) is 6.42 Å². The van der Waals surface area contributed by atoms with Crippen LogP contribution < -0.4 is 4.74 Å². The van der Waals surface area contributed by atoms with Crippen LogP contribution in [-0.4, -0.2) is 17.3 Å². The molecule has 3 nitrogen and oxygen atoms in total. The number of ether oxygens (including phenoxy) is 1. The van der Waals surface area contributed by atoms with Crippen molar-refractivity contribution in [3.63, 3.8) is 0 Å². The molecule has 0 bridgehead atoms. The van der Waals surface area contributed by atoms with Gasteiger partial charge in [0, 0.05) is 5.56 Å². The molecule has 0 saturated heterocycles. The molecule has 1 heterocycles. The smallest absolute Gasteiger partial charge is 0.236 e. The maximum Gasteiger partial charge on any atom is 0.236 e. The highest BCUT2D eigenvalue weighted by Gasteiger charge is 2.03. The van der Waals surface area contributed by atoms with E-state index in [1.165, 1.54) is 0 Å². The van der Waals surface area contributed by atoms with Crippen molar-refractivity contribution in [2.75, 3.05) is 7.11 Å². The van der Waals surface area contributed by atoms with Crippen molar-refractivity contribution in [3.05, 3.63) is 16.8 Å². The minimum atomic E-state index is 0.405. The summed E-state index contributed by atoms with van der Waals surface area (Å²) in [6.07, 6.45) is 0.846. The molecule has 4 heteroatoms. The second-order valence-electron chi connectivity index (χ2n) is 2.06. The van der Waals surface area contributed by atoms with Crippen LogP contribution in [0.2, 0.25) is 5.15 Å². The summed E-state index contributed by atoms with van der Waals surface area (Å²) in [5.74, 6) is 0.553. The fourth-order valence-electron chi connectivity index (χ4n) is 0.817. The topological polar surface area (TPSA) is 35.0 Å². The van der Waals surface area contributed by atoms with Gasteiger partial charge in [0.2, 0.25) is 5.88 Å². The van der Waals surface area contributed by atoms with Gasteiger partial charge in [-0.2, -0.15) is 0 Å². The molecular weight excluding hydrogens is 164 g/mol. The van der Waals surface area contributed by atoms with Gasteiger partial charge in [0.15, 0.2) is 5.15 Å². The van der Waals surface area contributed by atoms with Crippen LogP contribution in [0.3, 0.4) is 0 Å². The minimum Gasteiger partial charge on any atom is -0.480 e. The van der Waals surface area contributed by atoms with Gasteiger partial charge >= 0.3 is 0 Å². The molecule has 0 amide bonds. The highest BCUT2D eigenvalue weighted by atomic mass is 35.5. The predicted octanol–water partition coefficient (Wildman–Crippen LogP) is 1.70. The Morgan fingerprint density at radius 2 is 2.27 bits per heavy atom. The lowest BCUT2D eigenvalue weighted by Gasteiger charge is -2.02. The number of methoxy groups -OCH3 is 1. The molecule has 0 aliphatic heterocycles. The molecule has 0 fully saturated rings. The summed E-state index contributed by atoms with van der Waals surface area (Å²) in [5.41, 5.74) is 0.979. The first-order chi connectivity index (χ1) is 5.27. The van der Waals surface area contributed by atoms with Crippen molar-refractivity contribution in [2.45, 2.75) is 13.3 Å². The lowest BCUT2D eigenvalue weighted by molar-refractivity contribution is 0.387. The Hall–Kier alpha value is -0.830. The normalized spacial score (nSPS) is 9.73. The van der Waals surface area contributed by atoms with Gasteiger partial charge in [-0.05, 0) is 12.5 Å². The van der Waals surface area contributed by atoms with E-state index in [9.17, 15) is 0 Å². The predicted molar refractivity (Wildman–Crippen MR) is 43.0 cm³/mol. The van der Waals surface area contributed by atoms with Crippen LogP contribution >= 0.6 is 11.6 Å². The Morgan fingerprint density at radius 1 is 1.55 bits per heavy atom. The molecule has 11 heavy (non-hydrogen) atoms. The van der Waals surface area contributed by atoms with Crippen molar-refractivity contribution in [1.29, 1.82) is 0 Å². The van der Waals surface area contributed by atoms with Gasteiger partial charge in [-0.15, -0.1) is 10.2 Å². The van der Waals surface area contributed by atoms with Crippen LogP contribution in [0.4, 0.5) is 0 Å². The molecule has 0 aliphatic rings. The van der Waals surface area contributed by atoms with Crippen LogP contribution in [0.25, 0.3) is 0 Å². The zero-order chi connectivity index (χ0) is 8.27. The van der Waals surface area contributed by atoms with Crippen molar-refractivity contribution >= 4 is 11.6 Å². The maximum atomic E-state index is 5.62. The number of nitrogens with zero attached hydrogens (tertiary/aromatic N) is 2. The lowest BCUT2D eigenvalue weighted by Crippen LogP contribution is -1.95. The highest BCUT2D eigenvalue weighted by molar-refractivity contribution is 6.29. The van der Waals surface area contributed by atoms with E-state index in [1.54, 1.807) is 13.2 Å². The van der Waals surface area contributed by atoms with Gasteiger partial charge in [0.1, 0.15) is 0 Å². The summed E-state index contributed by atoms with van der Waals surface area (Å²) < 4.78 is 4.96. The summed E-state index contributed by atoms with van der Waals surface area (Å²) in [5, 5.41) is 7.82. The summed E-state index contributed by atoms with van der Waals surface area (Å²) in [6.45, 7) is 2.01. The number of halogens is 1. The van der Waals surface area contributed by atoms with E-state index in [-0.39, 0.29) is 0 Å². The zero-order valence-corrected chi connectivity index (χ0v) is 7.22. The summed E-state index contributed by atoms with van der Waals surface area (Å²) >= 11 is 5.62. The van der Waals surface area contributed by atoms with Crippen LogP contribution in [0.15, 0.2) is 6.07 Å². The Morgan fingerprint density at radius 3 is 2.82 bits per heavy atom. The maximum absolute atomic E-state index is 5.62. The quantitative estimate of drug-likeness (QED) is 0.681.